The summed E-state index contributed by atoms with van der Waals surface area (Å²) < 4.78 is 4.93. The third kappa shape index (κ3) is 5.70. The van der Waals surface area contributed by atoms with Crippen molar-refractivity contribution in [2.45, 2.75) is 32.7 Å². The minimum atomic E-state index is 0. The number of piperazine rings is 1. The van der Waals surface area contributed by atoms with Gasteiger partial charge in [-0.2, -0.15) is 0 Å². The zero-order chi connectivity index (χ0) is 19.3. The minimum absolute atomic E-state index is 0. The van der Waals surface area contributed by atoms with E-state index in [9.17, 15) is 0 Å². The summed E-state index contributed by atoms with van der Waals surface area (Å²) >= 11 is 0. The van der Waals surface area contributed by atoms with Crippen LogP contribution < -0.4 is 5.32 Å². The van der Waals surface area contributed by atoms with Gasteiger partial charge >= 0.3 is 0 Å². The number of rotatable bonds is 5. The average molecular weight is 497 g/mol. The number of aryl methyl sites for hydroxylation is 1. The van der Waals surface area contributed by atoms with E-state index in [0.29, 0.717) is 0 Å². The van der Waals surface area contributed by atoms with Gasteiger partial charge in [0.2, 0.25) is 0 Å². The predicted molar refractivity (Wildman–Crippen MR) is 124 cm³/mol. The van der Waals surface area contributed by atoms with Gasteiger partial charge in [-0.15, -0.1) is 24.0 Å². The Balaban J connectivity index is 0.00000280. The van der Waals surface area contributed by atoms with Crippen molar-refractivity contribution >= 4 is 29.9 Å². The summed E-state index contributed by atoms with van der Waals surface area (Å²) in [5.41, 5.74) is 3.74. The van der Waals surface area contributed by atoms with Gasteiger partial charge < -0.3 is 14.7 Å². The lowest BCUT2D eigenvalue weighted by Gasteiger charge is -2.37. The summed E-state index contributed by atoms with van der Waals surface area (Å²) in [4.78, 5) is 9.26. The third-order valence-electron chi connectivity index (χ3n) is 5.32. The number of benzene rings is 1. The van der Waals surface area contributed by atoms with Crippen molar-refractivity contribution in [1.82, 2.24) is 20.3 Å². The molecule has 28 heavy (non-hydrogen) atoms. The maximum atomic E-state index is 4.93. The van der Waals surface area contributed by atoms with Crippen LogP contribution in [0.5, 0.6) is 0 Å². The summed E-state index contributed by atoms with van der Waals surface area (Å²) in [6, 6.07) is 10.6. The van der Waals surface area contributed by atoms with Gasteiger partial charge in [-0.05, 0) is 18.1 Å². The van der Waals surface area contributed by atoms with Crippen molar-refractivity contribution < 1.29 is 4.52 Å². The van der Waals surface area contributed by atoms with Gasteiger partial charge in [0.1, 0.15) is 6.26 Å². The van der Waals surface area contributed by atoms with E-state index in [1.807, 2.05) is 13.1 Å². The molecular weight excluding hydrogens is 465 g/mol. The molecule has 1 aliphatic heterocycles. The van der Waals surface area contributed by atoms with Crippen molar-refractivity contribution in [3.63, 3.8) is 0 Å². The summed E-state index contributed by atoms with van der Waals surface area (Å²) in [7, 11) is 1.87. The maximum absolute atomic E-state index is 4.93. The SMILES string of the molecule is CN=C(NCC(C)(C)c1ccccc1C)N1CCN(Cc2ccon2)CC1.I. The maximum Gasteiger partial charge on any atom is 0.193 e. The Hall–Kier alpha value is -1.61. The molecule has 1 aliphatic rings. The molecule has 1 aromatic heterocycles. The molecule has 6 nitrogen and oxygen atoms in total. The van der Waals surface area contributed by atoms with Crippen molar-refractivity contribution in [1.29, 1.82) is 0 Å². The Morgan fingerprint density at radius 2 is 1.89 bits per heavy atom. The number of guanidine groups is 1. The molecule has 0 aliphatic carbocycles. The zero-order valence-electron chi connectivity index (χ0n) is 17.3. The molecule has 3 rings (SSSR count). The Labute approximate surface area is 185 Å². The molecule has 0 bridgehead atoms. The van der Waals surface area contributed by atoms with Crippen LogP contribution in [0.4, 0.5) is 0 Å². The Morgan fingerprint density at radius 3 is 2.50 bits per heavy atom. The van der Waals surface area contributed by atoms with Gasteiger partial charge in [0.05, 0.1) is 5.69 Å². The second-order valence-corrected chi connectivity index (χ2v) is 7.85. The molecule has 0 radical (unpaired) electrons. The van der Waals surface area contributed by atoms with Crippen LogP contribution >= 0.6 is 24.0 Å². The van der Waals surface area contributed by atoms with Crippen molar-refractivity contribution in [3.8, 4) is 0 Å². The number of halogens is 1. The topological polar surface area (TPSA) is 56.9 Å². The van der Waals surface area contributed by atoms with E-state index in [4.69, 9.17) is 4.52 Å². The first-order valence-corrected chi connectivity index (χ1v) is 9.63. The fraction of sp³-hybridized carbons (Fsp3) is 0.524. The Morgan fingerprint density at radius 1 is 1.18 bits per heavy atom. The molecule has 7 heteroatoms. The summed E-state index contributed by atoms with van der Waals surface area (Å²) in [6.45, 7) is 12.4. The van der Waals surface area contributed by atoms with E-state index >= 15 is 0 Å². The number of hydrogen-bond acceptors (Lipinski definition) is 4. The van der Waals surface area contributed by atoms with Gasteiger partial charge in [0, 0.05) is 57.8 Å². The van der Waals surface area contributed by atoms with Crippen molar-refractivity contribution in [2.24, 2.45) is 4.99 Å². The smallest absolute Gasteiger partial charge is 0.193 e. The van der Waals surface area contributed by atoms with E-state index in [1.54, 1.807) is 6.26 Å². The molecule has 2 aromatic rings. The molecule has 154 valence electrons. The number of hydrogen-bond donors (Lipinski definition) is 1. The number of nitrogens with one attached hydrogen (secondary N) is 1. The lowest BCUT2D eigenvalue weighted by atomic mass is 9.82. The van der Waals surface area contributed by atoms with E-state index in [-0.39, 0.29) is 29.4 Å². The predicted octanol–water partition coefficient (Wildman–Crippen LogP) is 3.27. The molecule has 1 N–H and O–H groups in total. The lowest BCUT2D eigenvalue weighted by Crippen LogP contribution is -2.53. The third-order valence-corrected chi connectivity index (χ3v) is 5.32. The fourth-order valence-electron chi connectivity index (χ4n) is 3.73. The number of nitrogens with zero attached hydrogens (tertiary/aromatic N) is 4. The van der Waals surface area contributed by atoms with Crippen LogP contribution in [0.2, 0.25) is 0 Å². The van der Waals surface area contributed by atoms with E-state index in [0.717, 1.165) is 50.9 Å². The standard InChI is InChI=1S/C21H31N5O.HI/c1-17-7-5-6-8-19(17)21(2,3)16-23-20(22-4)26-12-10-25(11-13-26)15-18-9-14-27-24-18;/h5-9,14H,10-13,15-16H2,1-4H3,(H,22,23);1H. The largest absolute Gasteiger partial charge is 0.364 e. The molecule has 0 unspecified atom stereocenters. The van der Waals surface area contributed by atoms with Crippen LogP contribution in [0.25, 0.3) is 0 Å². The fourth-order valence-corrected chi connectivity index (χ4v) is 3.73. The van der Waals surface area contributed by atoms with Crippen LogP contribution in [0, 0.1) is 6.92 Å². The van der Waals surface area contributed by atoms with Crippen LogP contribution in [-0.2, 0) is 12.0 Å². The average Bonchev–Trinajstić information content (AvgIpc) is 3.17. The highest BCUT2D eigenvalue weighted by Crippen LogP contribution is 2.25. The number of aliphatic imine (C=N–C) groups is 1. The summed E-state index contributed by atoms with van der Waals surface area (Å²) in [5.74, 6) is 0.984. The molecule has 1 fully saturated rings. The first-order valence-electron chi connectivity index (χ1n) is 9.63. The Bertz CT molecular complexity index is 752. The lowest BCUT2D eigenvalue weighted by molar-refractivity contribution is 0.168. The van der Waals surface area contributed by atoms with E-state index in [2.05, 4.69) is 70.3 Å². The van der Waals surface area contributed by atoms with Crippen molar-refractivity contribution in [3.05, 3.63) is 53.4 Å². The van der Waals surface area contributed by atoms with Gasteiger partial charge in [-0.3, -0.25) is 9.89 Å². The highest BCUT2D eigenvalue weighted by Gasteiger charge is 2.25. The molecule has 1 aromatic carbocycles. The molecule has 0 atom stereocenters. The molecule has 0 amide bonds. The second-order valence-electron chi connectivity index (χ2n) is 7.85. The summed E-state index contributed by atoms with van der Waals surface area (Å²) in [5, 5.41) is 7.60. The first kappa shape index (κ1) is 22.7. The normalized spacial score (nSPS) is 16.0. The first-order chi connectivity index (χ1) is 13.0. The second kappa shape index (κ2) is 10.2. The van der Waals surface area contributed by atoms with Crippen molar-refractivity contribution in [2.75, 3.05) is 39.8 Å². The van der Waals surface area contributed by atoms with Crippen LogP contribution in [0.3, 0.4) is 0 Å². The van der Waals surface area contributed by atoms with E-state index < -0.39 is 0 Å². The summed E-state index contributed by atoms with van der Waals surface area (Å²) in [6.07, 6.45) is 1.63. The highest BCUT2D eigenvalue weighted by molar-refractivity contribution is 14.0. The highest BCUT2D eigenvalue weighted by atomic mass is 127. The molecule has 0 spiro atoms. The van der Waals surface area contributed by atoms with Crippen LogP contribution in [-0.4, -0.2) is 60.7 Å². The number of aromatic nitrogens is 1. The van der Waals surface area contributed by atoms with Gasteiger partial charge in [-0.1, -0.05) is 43.3 Å². The van der Waals surface area contributed by atoms with Gasteiger partial charge in [-0.25, -0.2) is 0 Å². The quantitative estimate of drug-likeness (QED) is 0.391. The molecule has 0 saturated carbocycles. The minimum Gasteiger partial charge on any atom is -0.364 e. The zero-order valence-corrected chi connectivity index (χ0v) is 19.6. The van der Waals surface area contributed by atoms with Crippen LogP contribution in [0.15, 0.2) is 46.1 Å². The molecule has 2 heterocycles. The van der Waals surface area contributed by atoms with Gasteiger partial charge in [0.25, 0.3) is 0 Å². The Kier molecular flexibility index (Phi) is 8.30. The van der Waals surface area contributed by atoms with Crippen LogP contribution in [0.1, 0.15) is 30.7 Å². The monoisotopic (exact) mass is 497 g/mol. The van der Waals surface area contributed by atoms with Gasteiger partial charge in [0.15, 0.2) is 5.96 Å². The molecule has 1 saturated heterocycles. The van der Waals surface area contributed by atoms with E-state index in [1.165, 1.54) is 11.1 Å². The molecular formula is C21H32IN5O.